The second kappa shape index (κ2) is 9.90. The first kappa shape index (κ1) is 29.0. The number of ether oxygens (including phenoxy) is 2. The number of aliphatic imine (C=N–C) groups is 2. The zero-order valence-electron chi connectivity index (χ0n) is 26.1. The number of carbonyl (C=O) groups excluding carboxylic acids is 2. The number of H-pyrrole nitrogens is 2. The number of aromatic nitrogens is 2. The number of nitrogens with one attached hydrogen (secondary N) is 2. The number of fused-ring (bicyclic) bond motifs is 6. The summed E-state index contributed by atoms with van der Waals surface area (Å²) in [6.07, 6.45) is 6.12. The number of hydrogen-bond acceptors (Lipinski definition) is 8. The molecule has 1 aliphatic carbocycles. The first-order valence-corrected chi connectivity index (χ1v) is 15.3. The molecular formula is C35H34N4O6-2. The minimum atomic E-state index is -1.18. The molecule has 2 unspecified atom stereocenters. The zero-order valence-corrected chi connectivity index (χ0v) is 26.1. The molecule has 0 saturated carbocycles. The van der Waals surface area contributed by atoms with Crippen LogP contribution in [0.5, 0.6) is 0 Å². The van der Waals surface area contributed by atoms with Gasteiger partial charge in [0.05, 0.1) is 35.1 Å². The van der Waals surface area contributed by atoms with Crippen molar-refractivity contribution in [3.8, 4) is 0 Å². The number of carbonyl (C=O) groups is 2. The van der Waals surface area contributed by atoms with E-state index in [1.54, 1.807) is 6.08 Å². The van der Waals surface area contributed by atoms with Crippen LogP contribution >= 0.6 is 0 Å². The van der Waals surface area contributed by atoms with Gasteiger partial charge in [-0.3, -0.25) is 4.99 Å². The van der Waals surface area contributed by atoms with E-state index in [4.69, 9.17) is 19.5 Å². The van der Waals surface area contributed by atoms with Crippen LogP contribution in [-0.4, -0.2) is 46.2 Å². The largest absolute Gasteiger partial charge is 0.871 e. The van der Waals surface area contributed by atoms with Gasteiger partial charge in [0.2, 0.25) is 5.72 Å². The molecule has 232 valence electrons. The Morgan fingerprint density at radius 2 is 1.96 bits per heavy atom. The standard InChI is InChI=1S/C35H36N4O6/c1-8-18-15(4)29-33-35(45-33)20(9-2)16(5)23(39-35)12-21-14(3)19(10-11-25(40)41)30(36-21)27-28(34(43)44-7)32(42)26-17(6)22(37-31(26)27)13-24(18)38-29/h9,12-14,19,33,37-38,42H,2,8,10-11H2,1,3-7H3,(H,40,41)/p-2/t14-,19-,33?,35?/m0/s1. The van der Waals surface area contributed by atoms with Crippen molar-refractivity contribution in [2.24, 2.45) is 21.8 Å². The average molecular weight is 607 g/mol. The molecule has 10 nitrogen and oxygen atoms in total. The monoisotopic (exact) mass is 606 g/mol. The van der Waals surface area contributed by atoms with Crippen LogP contribution in [0.25, 0.3) is 17.4 Å². The summed E-state index contributed by atoms with van der Waals surface area (Å²) in [6.45, 7) is 14.0. The lowest BCUT2D eigenvalue weighted by Crippen LogP contribution is -2.28. The van der Waals surface area contributed by atoms with Crippen LogP contribution in [0, 0.1) is 25.7 Å². The summed E-state index contributed by atoms with van der Waals surface area (Å²) in [4.78, 5) is 42.0. The molecule has 2 aromatic heterocycles. The van der Waals surface area contributed by atoms with Crippen molar-refractivity contribution >= 4 is 40.8 Å². The molecular weight excluding hydrogens is 572 g/mol. The van der Waals surface area contributed by atoms with E-state index in [2.05, 4.69) is 30.4 Å². The number of allylic oxidation sites excluding steroid dienone is 3. The average Bonchev–Trinajstić information content (AvgIpc) is 3.24. The Morgan fingerprint density at radius 3 is 2.62 bits per heavy atom. The van der Waals surface area contributed by atoms with E-state index in [1.807, 2.05) is 32.9 Å². The van der Waals surface area contributed by atoms with Gasteiger partial charge in [-0.15, -0.1) is 0 Å². The smallest absolute Gasteiger partial charge is 0.338 e. The van der Waals surface area contributed by atoms with Gasteiger partial charge < -0.3 is 34.4 Å². The Morgan fingerprint density at radius 1 is 1.20 bits per heavy atom. The van der Waals surface area contributed by atoms with Gasteiger partial charge >= 0.3 is 5.97 Å². The third-order valence-electron chi connectivity index (χ3n) is 10.1. The maximum absolute atomic E-state index is 14.0. The van der Waals surface area contributed by atoms with E-state index in [0.29, 0.717) is 44.5 Å². The number of aliphatic carboxylic acids is 1. The van der Waals surface area contributed by atoms with Crippen LogP contribution in [0.4, 0.5) is 0 Å². The zero-order chi connectivity index (χ0) is 32.1. The van der Waals surface area contributed by atoms with E-state index in [-0.39, 0.29) is 30.4 Å². The highest BCUT2D eigenvalue weighted by Gasteiger charge is 2.63. The third-order valence-corrected chi connectivity index (χ3v) is 10.1. The Labute approximate surface area is 260 Å². The summed E-state index contributed by atoms with van der Waals surface area (Å²) >= 11 is 0. The second-order valence-electron chi connectivity index (χ2n) is 12.3. The van der Waals surface area contributed by atoms with Crippen molar-refractivity contribution in [3.05, 3.63) is 85.5 Å². The normalized spacial score (nSPS) is 26.0. The molecule has 2 N–H and O–H groups in total. The molecule has 45 heavy (non-hydrogen) atoms. The molecule has 0 aromatic carbocycles. The number of aromatic amines is 2. The van der Waals surface area contributed by atoms with Crippen molar-refractivity contribution in [2.45, 2.75) is 65.7 Å². The molecule has 1 saturated heterocycles. The number of nitrogens with zero attached hydrogens (tertiary/aromatic N) is 2. The molecule has 2 aromatic rings. The van der Waals surface area contributed by atoms with E-state index in [0.717, 1.165) is 40.1 Å². The van der Waals surface area contributed by atoms with Gasteiger partial charge in [0, 0.05) is 45.7 Å². The van der Waals surface area contributed by atoms with E-state index in [9.17, 15) is 19.8 Å². The lowest BCUT2D eigenvalue weighted by molar-refractivity contribution is -0.305. The summed E-state index contributed by atoms with van der Waals surface area (Å²) in [6, 6.07) is 0. The van der Waals surface area contributed by atoms with E-state index < -0.39 is 29.3 Å². The molecule has 4 aliphatic heterocycles. The summed E-state index contributed by atoms with van der Waals surface area (Å²) in [5, 5.41) is 26.8. The fraction of sp³-hybridized carbons (Fsp3) is 0.371. The second-order valence-corrected chi connectivity index (χ2v) is 12.3. The lowest BCUT2D eigenvalue weighted by atomic mass is 9.82. The number of hydrogen-bond donors (Lipinski definition) is 2. The molecule has 0 radical (unpaired) electrons. The third kappa shape index (κ3) is 3.91. The van der Waals surface area contributed by atoms with Gasteiger partial charge in [-0.1, -0.05) is 32.3 Å². The van der Waals surface area contributed by atoms with Crippen molar-refractivity contribution in [2.75, 3.05) is 7.11 Å². The van der Waals surface area contributed by atoms with E-state index >= 15 is 0 Å². The van der Waals surface area contributed by atoms with Crippen molar-refractivity contribution in [3.63, 3.8) is 0 Å². The maximum atomic E-state index is 14.0. The Kier molecular flexibility index (Phi) is 6.39. The van der Waals surface area contributed by atoms with Crippen LogP contribution in [0.3, 0.4) is 0 Å². The Balaban J connectivity index is 1.58. The maximum Gasteiger partial charge on any atom is 0.338 e. The summed E-state index contributed by atoms with van der Waals surface area (Å²) in [7, 11) is 1.24. The van der Waals surface area contributed by atoms with Crippen molar-refractivity contribution < 1.29 is 29.3 Å². The quantitative estimate of drug-likeness (QED) is 0.376. The van der Waals surface area contributed by atoms with Gasteiger partial charge in [-0.2, -0.15) is 0 Å². The lowest BCUT2D eigenvalue weighted by Gasteiger charge is -2.21. The number of esters is 1. The molecule has 10 heteroatoms. The number of carboxylic acid groups (broad SMARTS) is 1. The van der Waals surface area contributed by atoms with Crippen molar-refractivity contribution in [1.29, 1.82) is 0 Å². The molecule has 5 aliphatic rings. The van der Waals surface area contributed by atoms with Crippen LogP contribution in [0.15, 0.2) is 51.1 Å². The highest BCUT2D eigenvalue weighted by Crippen LogP contribution is 2.59. The molecule has 1 spiro atoms. The van der Waals surface area contributed by atoms with E-state index in [1.165, 1.54) is 7.11 Å². The number of epoxide rings is 1. The van der Waals surface area contributed by atoms with Crippen LogP contribution < -0.4 is 20.9 Å². The predicted molar refractivity (Wildman–Crippen MR) is 165 cm³/mol. The van der Waals surface area contributed by atoms with Crippen LogP contribution in [0.2, 0.25) is 0 Å². The Hall–Kier alpha value is -4.70. The first-order chi connectivity index (χ1) is 21.5. The highest BCUT2D eigenvalue weighted by atomic mass is 16.6. The molecule has 7 rings (SSSR count). The summed E-state index contributed by atoms with van der Waals surface area (Å²) in [5.41, 5.74) is 8.08. The number of carboxylic acids is 1. The fourth-order valence-electron chi connectivity index (χ4n) is 7.64. The van der Waals surface area contributed by atoms with Gasteiger partial charge in [-0.25, -0.2) is 9.79 Å². The molecule has 4 atom stereocenters. The molecule has 1 fully saturated rings. The van der Waals surface area contributed by atoms with Crippen LogP contribution in [0.1, 0.15) is 73.4 Å². The van der Waals surface area contributed by atoms with Crippen molar-refractivity contribution in [1.82, 2.24) is 9.97 Å². The molecule has 8 bridgehead atoms. The van der Waals surface area contributed by atoms with Crippen LogP contribution in [-0.2, 0) is 25.5 Å². The molecule has 6 heterocycles. The minimum absolute atomic E-state index is 0.108. The van der Waals surface area contributed by atoms with Gasteiger partial charge in [0.25, 0.3) is 0 Å². The van der Waals surface area contributed by atoms with Gasteiger partial charge in [-0.05, 0) is 80.0 Å². The SMILES string of the molecule is C=CC1=C(C)C2=NC13OC3c1[nH]c(c(CC)c1C)C=c1[nH]c3c(c1C)C([O-])=C(C(=O)OC)C=3C1=NC(=C2)[C@@H](C)[C@@H]1CCC(=O)[O-]. The van der Waals surface area contributed by atoms with Gasteiger partial charge in [0.1, 0.15) is 0 Å². The highest BCUT2D eigenvalue weighted by molar-refractivity contribution is 6.35. The summed E-state index contributed by atoms with van der Waals surface area (Å²) < 4.78 is 11.5. The Bertz CT molecular complexity index is 2050. The van der Waals surface area contributed by atoms with Gasteiger partial charge in [0.15, 0.2) is 6.10 Å². The fourth-order valence-corrected chi connectivity index (χ4v) is 7.64. The number of methoxy groups -OCH3 is 1. The first-order valence-electron chi connectivity index (χ1n) is 15.3. The molecule has 0 amide bonds. The topological polar surface area (TPSA) is 158 Å². The summed E-state index contributed by atoms with van der Waals surface area (Å²) in [5.74, 6) is -3.07. The number of rotatable bonds is 6. The predicted octanol–water partition coefficient (Wildman–Crippen LogP) is 1.62. The minimum Gasteiger partial charge on any atom is -0.871 e.